The lowest BCUT2D eigenvalue weighted by atomic mass is 10.2. The number of amides is 1. The monoisotopic (exact) mass is 357 g/mol. The van der Waals surface area contributed by atoms with Crippen molar-refractivity contribution in [3.8, 4) is 0 Å². The van der Waals surface area contributed by atoms with Crippen LogP contribution in [0.3, 0.4) is 0 Å². The SMILES string of the molecule is O=C(CSCc1c(Cl)cccc1Cl)NCc1cccc(F)c1. The van der Waals surface area contributed by atoms with Crippen LogP contribution in [-0.2, 0) is 17.1 Å². The number of rotatable bonds is 6. The molecular weight excluding hydrogens is 344 g/mol. The molecule has 0 aromatic heterocycles. The predicted molar refractivity (Wildman–Crippen MR) is 90.9 cm³/mol. The minimum atomic E-state index is -0.311. The highest BCUT2D eigenvalue weighted by molar-refractivity contribution is 7.99. The van der Waals surface area contributed by atoms with E-state index in [4.69, 9.17) is 23.2 Å². The Kier molecular flexibility index (Phi) is 6.55. The van der Waals surface area contributed by atoms with Crippen molar-refractivity contribution in [2.45, 2.75) is 12.3 Å². The van der Waals surface area contributed by atoms with Gasteiger partial charge in [-0.3, -0.25) is 4.79 Å². The van der Waals surface area contributed by atoms with Gasteiger partial charge in [0.05, 0.1) is 5.75 Å². The van der Waals surface area contributed by atoms with Gasteiger partial charge in [0.25, 0.3) is 0 Å². The third-order valence-electron chi connectivity index (χ3n) is 2.92. The molecule has 0 fully saturated rings. The zero-order chi connectivity index (χ0) is 15.9. The Morgan fingerprint density at radius 1 is 1.14 bits per heavy atom. The Hall–Kier alpha value is -1.23. The molecule has 0 heterocycles. The molecule has 6 heteroatoms. The van der Waals surface area contributed by atoms with Gasteiger partial charge in [-0.15, -0.1) is 11.8 Å². The third-order valence-corrected chi connectivity index (χ3v) is 4.59. The summed E-state index contributed by atoms with van der Waals surface area (Å²) in [6.07, 6.45) is 0. The van der Waals surface area contributed by atoms with Crippen molar-refractivity contribution in [1.29, 1.82) is 0 Å². The minimum Gasteiger partial charge on any atom is -0.351 e. The summed E-state index contributed by atoms with van der Waals surface area (Å²) < 4.78 is 13.0. The van der Waals surface area contributed by atoms with Crippen LogP contribution in [-0.4, -0.2) is 11.7 Å². The van der Waals surface area contributed by atoms with Crippen molar-refractivity contribution in [1.82, 2.24) is 5.32 Å². The molecule has 116 valence electrons. The second-order valence-corrected chi connectivity index (χ2v) is 6.40. The van der Waals surface area contributed by atoms with Crippen molar-refractivity contribution in [2.24, 2.45) is 0 Å². The molecule has 2 rings (SSSR count). The molecule has 2 aromatic carbocycles. The molecule has 1 N–H and O–H groups in total. The summed E-state index contributed by atoms with van der Waals surface area (Å²) in [6, 6.07) is 11.5. The molecule has 0 aliphatic carbocycles. The Balaban J connectivity index is 1.76. The van der Waals surface area contributed by atoms with E-state index in [-0.39, 0.29) is 17.5 Å². The van der Waals surface area contributed by atoms with E-state index in [1.165, 1.54) is 23.9 Å². The zero-order valence-corrected chi connectivity index (χ0v) is 13.9. The average molecular weight is 358 g/mol. The van der Waals surface area contributed by atoms with Crippen LogP contribution in [0.4, 0.5) is 4.39 Å². The summed E-state index contributed by atoms with van der Waals surface area (Å²) in [5.74, 6) is 0.426. The van der Waals surface area contributed by atoms with Crippen LogP contribution in [0.25, 0.3) is 0 Å². The van der Waals surface area contributed by atoms with E-state index >= 15 is 0 Å². The maximum absolute atomic E-state index is 13.0. The number of hydrogen-bond acceptors (Lipinski definition) is 2. The first-order valence-corrected chi connectivity index (χ1v) is 8.49. The standard InChI is InChI=1S/C16H14Cl2FNOS/c17-14-5-2-6-15(18)13(14)9-22-10-16(21)20-8-11-3-1-4-12(19)7-11/h1-7H,8-10H2,(H,20,21). The van der Waals surface area contributed by atoms with Crippen LogP contribution in [0.15, 0.2) is 42.5 Å². The summed E-state index contributed by atoms with van der Waals surface area (Å²) in [5, 5.41) is 3.94. The number of nitrogens with one attached hydrogen (secondary N) is 1. The van der Waals surface area contributed by atoms with Gasteiger partial charge in [0, 0.05) is 22.3 Å². The average Bonchev–Trinajstić information content (AvgIpc) is 2.48. The van der Waals surface area contributed by atoms with Crippen molar-refractivity contribution in [3.05, 3.63) is 69.5 Å². The summed E-state index contributed by atoms with van der Waals surface area (Å²) in [4.78, 5) is 11.8. The number of halogens is 3. The number of carbonyl (C=O) groups excluding carboxylic acids is 1. The lowest BCUT2D eigenvalue weighted by Gasteiger charge is -2.08. The highest BCUT2D eigenvalue weighted by atomic mass is 35.5. The van der Waals surface area contributed by atoms with Crippen molar-refractivity contribution in [3.63, 3.8) is 0 Å². The van der Waals surface area contributed by atoms with Crippen LogP contribution >= 0.6 is 35.0 Å². The number of hydrogen-bond donors (Lipinski definition) is 1. The molecule has 0 aliphatic rings. The van der Waals surface area contributed by atoms with E-state index in [9.17, 15) is 9.18 Å². The predicted octanol–water partition coefficient (Wildman–Crippen LogP) is 4.68. The van der Waals surface area contributed by atoms with E-state index in [0.717, 1.165) is 11.1 Å². The lowest BCUT2D eigenvalue weighted by molar-refractivity contribution is -0.118. The fourth-order valence-corrected chi connectivity index (χ4v) is 3.41. The van der Waals surface area contributed by atoms with E-state index in [0.29, 0.717) is 22.3 Å². The van der Waals surface area contributed by atoms with E-state index in [1.807, 2.05) is 0 Å². The quantitative estimate of drug-likeness (QED) is 0.812. The fraction of sp³-hybridized carbons (Fsp3) is 0.188. The summed E-state index contributed by atoms with van der Waals surface area (Å²) in [6.45, 7) is 0.310. The Labute approximate surface area is 143 Å². The minimum absolute atomic E-state index is 0.113. The van der Waals surface area contributed by atoms with Gasteiger partial charge < -0.3 is 5.32 Å². The zero-order valence-electron chi connectivity index (χ0n) is 11.6. The van der Waals surface area contributed by atoms with Gasteiger partial charge in [-0.25, -0.2) is 4.39 Å². The maximum atomic E-state index is 13.0. The normalized spacial score (nSPS) is 10.5. The largest absolute Gasteiger partial charge is 0.351 e. The highest BCUT2D eigenvalue weighted by Crippen LogP contribution is 2.28. The van der Waals surface area contributed by atoms with E-state index in [1.54, 1.807) is 30.3 Å². The molecule has 0 aliphatic heterocycles. The van der Waals surface area contributed by atoms with E-state index < -0.39 is 0 Å². The van der Waals surface area contributed by atoms with Crippen LogP contribution in [0.1, 0.15) is 11.1 Å². The van der Waals surface area contributed by atoms with Gasteiger partial charge in [0.2, 0.25) is 5.91 Å². The Bertz CT molecular complexity index is 646. The number of thioether (sulfide) groups is 1. The van der Waals surface area contributed by atoms with Crippen molar-refractivity contribution in [2.75, 3.05) is 5.75 Å². The van der Waals surface area contributed by atoms with Gasteiger partial charge >= 0.3 is 0 Å². The molecule has 2 nitrogen and oxygen atoms in total. The maximum Gasteiger partial charge on any atom is 0.230 e. The second kappa shape index (κ2) is 8.42. The molecule has 0 radical (unpaired) electrons. The first kappa shape index (κ1) is 17.1. The smallest absolute Gasteiger partial charge is 0.230 e. The van der Waals surface area contributed by atoms with Crippen molar-refractivity contribution >= 4 is 40.9 Å². The van der Waals surface area contributed by atoms with Crippen molar-refractivity contribution < 1.29 is 9.18 Å². The molecule has 0 atom stereocenters. The van der Waals surface area contributed by atoms with Gasteiger partial charge in [-0.1, -0.05) is 41.4 Å². The van der Waals surface area contributed by atoms with Gasteiger partial charge in [0.1, 0.15) is 5.82 Å². The molecule has 0 saturated heterocycles. The third kappa shape index (κ3) is 5.20. The summed E-state index contributed by atoms with van der Waals surface area (Å²) in [5.41, 5.74) is 1.56. The first-order valence-electron chi connectivity index (χ1n) is 6.58. The fourth-order valence-electron chi connectivity index (χ4n) is 1.81. The Morgan fingerprint density at radius 2 is 1.82 bits per heavy atom. The highest BCUT2D eigenvalue weighted by Gasteiger charge is 2.07. The van der Waals surface area contributed by atoms with E-state index in [2.05, 4.69) is 5.32 Å². The first-order chi connectivity index (χ1) is 10.6. The number of benzene rings is 2. The second-order valence-electron chi connectivity index (χ2n) is 4.60. The molecule has 0 saturated carbocycles. The van der Waals surface area contributed by atoms with Crippen LogP contribution in [0.5, 0.6) is 0 Å². The Morgan fingerprint density at radius 3 is 2.50 bits per heavy atom. The summed E-state index contributed by atoms with van der Waals surface area (Å²) in [7, 11) is 0. The van der Waals surface area contributed by atoms with Crippen LogP contribution in [0.2, 0.25) is 10.0 Å². The molecular formula is C16H14Cl2FNOS. The molecule has 0 unspecified atom stereocenters. The molecule has 0 bridgehead atoms. The van der Waals surface area contributed by atoms with Gasteiger partial charge in [0.15, 0.2) is 0 Å². The summed E-state index contributed by atoms with van der Waals surface area (Å²) >= 11 is 13.6. The molecule has 0 spiro atoms. The topological polar surface area (TPSA) is 29.1 Å². The molecule has 1 amide bonds. The molecule has 2 aromatic rings. The van der Waals surface area contributed by atoms with Crippen LogP contribution in [0, 0.1) is 5.82 Å². The number of carbonyl (C=O) groups is 1. The van der Waals surface area contributed by atoms with Gasteiger partial charge in [-0.05, 0) is 35.4 Å². The lowest BCUT2D eigenvalue weighted by Crippen LogP contribution is -2.24. The van der Waals surface area contributed by atoms with Gasteiger partial charge in [-0.2, -0.15) is 0 Å². The van der Waals surface area contributed by atoms with Crippen LogP contribution < -0.4 is 5.32 Å². The molecule has 22 heavy (non-hydrogen) atoms.